The lowest BCUT2D eigenvalue weighted by atomic mass is 10.1. The second-order valence-corrected chi connectivity index (χ2v) is 5.71. The van der Waals surface area contributed by atoms with Crippen LogP contribution in [0.1, 0.15) is 25.3 Å². The van der Waals surface area contributed by atoms with Gasteiger partial charge in [0.1, 0.15) is 0 Å². The van der Waals surface area contributed by atoms with Crippen molar-refractivity contribution in [1.82, 2.24) is 10.2 Å². The van der Waals surface area contributed by atoms with Crippen LogP contribution in [-0.2, 0) is 6.54 Å². The molecule has 0 bridgehead atoms. The van der Waals surface area contributed by atoms with Gasteiger partial charge in [0.25, 0.3) is 0 Å². The van der Waals surface area contributed by atoms with Crippen molar-refractivity contribution in [2.45, 2.75) is 26.3 Å². The van der Waals surface area contributed by atoms with E-state index in [0.29, 0.717) is 17.4 Å². The molecule has 0 spiro atoms. The fraction of sp³-hybridized carbons (Fsp3) is 0.625. The van der Waals surface area contributed by atoms with Crippen LogP contribution in [0.5, 0.6) is 11.5 Å². The Balaban J connectivity index is 2.76. The van der Waals surface area contributed by atoms with Gasteiger partial charge in [-0.05, 0) is 39.5 Å². The topological polar surface area (TPSA) is 33.7 Å². The van der Waals surface area contributed by atoms with Gasteiger partial charge < -0.3 is 19.7 Å². The highest BCUT2D eigenvalue weighted by atomic mass is 35.5. The first-order valence-corrected chi connectivity index (χ1v) is 7.81. The molecule has 0 aliphatic carbocycles. The third-order valence-electron chi connectivity index (χ3n) is 3.05. The fourth-order valence-corrected chi connectivity index (χ4v) is 2.26. The molecule has 0 saturated heterocycles. The zero-order valence-electron chi connectivity index (χ0n) is 13.5. The normalized spacial score (nSPS) is 11.0. The van der Waals surface area contributed by atoms with Crippen molar-refractivity contribution in [3.8, 4) is 11.5 Å². The van der Waals surface area contributed by atoms with E-state index in [9.17, 15) is 0 Å². The molecule has 1 aromatic carbocycles. The Kier molecular flexibility index (Phi) is 8.50. The van der Waals surface area contributed by atoms with Gasteiger partial charge in [0, 0.05) is 29.7 Å². The highest BCUT2D eigenvalue weighted by Gasteiger charge is 2.12. The quantitative estimate of drug-likeness (QED) is 0.673. The number of nitrogens with zero attached hydrogens (tertiary/aromatic N) is 1. The summed E-state index contributed by atoms with van der Waals surface area (Å²) in [5, 5.41) is 4.04. The molecule has 0 atom stereocenters. The SMILES string of the molecule is CCCNCc1cc(Cl)cc(OC)c1OCCCN(C)C. The predicted octanol–water partition coefficient (Wildman–Crippen LogP) is 3.18. The van der Waals surface area contributed by atoms with E-state index in [4.69, 9.17) is 21.1 Å². The Bertz CT molecular complexity index is 425. The maximum atomic E-state index is 6.15. The van der Waals surface area contributed by atoms with Crippen LogP contribution in [0.4, 0.5) is 0 Å². The molecule has 120 valence electrons. The third kappa shape index (κ3) is 6.55. The van der Waals surface area contributed by atoms with E-state index in [0.717, 1.165) is 43.8 Å². The zero-order chi connectivity index (χ0) is 15.7. The molecule has 0 unspecified atom stereocenters. The van der Waals surface area contributed by atoms with Gasteiger partial charge in [-0.1, -0.05) is 18.5 Å². The van der Waals surface area contributed by atoms with Crippen LogP contribution in [0.2, 0.25) is 5.02 Å². The van der Waals surface area contributed by atoms with Crippen molar-refractivity contribution < 1.29 is 9.47 Å². The largest absolute Gasteiger partial charge is 0.493 e. The number of methoxy groups -OCH3 is 1. The number of hydrogen-bond acceptors (Lipinski definition) is 4. The second-order valence-electron chi connectivity index (χ2n) is 5.28. The molecule has 0 saturated carbocycles. The number of hydrogen-bond donors (Lipinski definition) is 1. The van der Waals surface area contributed by atoms with Crippen molar-refractivity contribution in [1.29, 1.82) is 0 Å². The summed E-state index contributed by atoms with van der Waals surface area (Å²) in [6.45, 7) is 5.50. The van der Waals surface area contributed by atoms with E-state index in [2.05, 4.69) is 31.2 Å². The highest BCUT2D eigenvalue weighted by molar-refractivity contribution is 6.30. The number of nitrogens with one attached hydrogen (secondary N) is 1. The molecule has 1 rings (SSSR count). The summed E-state index contributed by atoms with van der Waals surface area (Å²) in [5.74, 6) is 1.49. The summed E-state index contributed by atoms with van der Waals surface area (Å²) in [6, 6.07) is 3.74. The van der Waals surface area contributed by atoms with Gasteiger partial charge in [0.05, 0.1) is 13.7 Å². The molecule has 5 heteroatoms. The van der Waals surface area contributed by atoms with Crippen LogP contribution >= 0.6 is 11.6 Å². The predicted molar refractivity (Wildman–Crippen MR) is 88.7 cm³/mol. The molecule has 4 nitrogen and oxygen atoms in total. The minimum atomic E-state index is 0.664. The number of ether oxygens (including phenoxy) is 2. The Morgan fingerprint density at radius 2 is 2.05 bits per heavy atom. The van der Waals surface area contributed by atoms with Crippen LogP contribution in [0.15, 0.2) is 12.1 Å². The minimum absolute atomic E-state index is 0.664. The number of rotatable bonds is 10. The fourth-order valence-electron chi connectivity index (χ4n) is 2.02. The lowest BCUT2D eigenvalue weighted by Gasteiger charge is -2.17. The van der Waals surface area contributed by atoms with Gasteiger partial charge in [-0.3, -0.25) is 0 Å². The van der Waals surface area contributed by atoms with E-state index in [1.165, 1.54) is 0 Å². The molecular weight excluding hydrogens is 288 g/mol. The maximum Gasteiger partial charge on any atom is 0.165 e. The van der Waals surface area contributed by atoms with Crippen LogP contribution in [-0.4, -0.2) is 45.8 Å². The summed E-state index contributed by atoms with van der Waals surface area (Å²) in [5.41, 5.74) is 1.04. The molecule has 0 fully saturated rings. The monoisotopic (exact) mass is 314 g/mol. The summed E-state index contributed by atoms with van der Waals surface area (Å²) in [6.07, 6.45) is 2.07. The summed E-state index contributed by atoms with van der Waals surface area (Å²) < 4.78 is 11.3. The molecule has 0 radical (unpaired) electrons. The van der Waals surface area contributed by atoms with Gasteiger partial charge >= 0.3 is 0 Å². The van der Waals surface area contributed by atoms with Crippen LogP contribution in [0.25, 0.3) is 0 Å². The van der Waals surface area contributed by atoms with E-state index in [-0.39, 0.29) is 0 Å². The van der Waals surface area contributed by atoms with Crippen LogP contribution < -0.4 is 14.8 Å². The standard InChI is InChI=1S/C16H27ClN2O2/c1-5-7-18-12-13-10-14(17)11-15(20-4)16(13)21-9-6-8-19(2)3/h10-11,18H,5-9,12H2,1-4H3. The maximum absolute atomic E-state index is 6.15. The number of halogens is 1. The van der Waals surface area contributed by atoms with E-state index < -0.39 is 0 Å². The third-order valence-corrected chi connectivity index (χ3v) is 3.27. The lowest BCUT2D eigenvalue weighted by Crippen LogP contribution is -2.17. The summed E-state index contributed by atoms with van der Waals surface area (Å²) >= 11 is 6.15. The second kappa shape index (κ2) is 9.87. The van der Waals surface area contributed by atoms with Crippen molar-refractivity contribution in [2.24, 2.45) is 0 Å². The van der Waals surface area contributed by atoms with Crippen LogP contribution in [0, 0.1) is 0 Å². The van der Waals surface area contributed by atoms with Gasteiger partial charge in [0.15, 0.2) is 11.5 Å². The Hall–Kier alpha value is -0.970. The molecular formula is C16H27ClN2O2. The Labute approximate surface area is 133 Å². The molecule has 0 aliphatic rings. The first kappa shape index (κ1) is 18.1. The van der Waals surface area contributed by atoms with E-state index in [1.54, 1.807) is 13.2 Å². The molecule has 1 N–H and O–H groups in total. The Morgan fingerprint density at radius 3 is 2.67 bits per heavy atom. The molecule has 0 aromatic heterocycles. The van der Waals surface area contributed by atoms with Gasteiger partial charge in [-0.25, -0.2) is 0 Å². The van der Waals surface area contributed by atoms with Gasteiger partial charge in [-0.2, -0.15) is 0 Å². The van der Waals surface area contributed by atoms with E-state index in [1.807, 2.05) is 6.07 Å². The first-order chi connectivity index (χ1) is 10.1. The summed E-state index contributed by atoms with van der Waals surface area (Å²) in [4.78, 5) is 2.15. The average Bonchev–Trinajstić information content (AvgIpc) is 2.44. The van der Waals surface area contributed by atoms with Crippen LogP contribution in [0.3, 0.4) is 0 Å². The van der Waals surface area contributed by atoms with Crippen molar-refractivity contribution >= 4 is 11.6 Å². The molecule has 1 aromatic rings. The molecule has 0 aliphatic heterocycles. The van der Waals surface area contributed by atoms with Crippen molar-refractivity contribution in [2.75, 3.05) is 40.9 Å². The van der Waals surface area contributed by atoms with E-state index >= 15 is 0 Å². The van der Waals surface area contributed by atoms with Crippen molar-refractivity contribution in [3.05, 3.63) is 22.7 Å². The smallest absolute Gasteiger partial charge is 0.165 e. The molecule has 0 amide bonds. The van der Waals surface area contributed by atoms with Gasteiger partial charge in [0.2, 0.25) is 0 Å². The lowest BCUT2D eigenvalue weighted by molar-refractivity contribution is 0.265. The van der Waals surface area contributed by atoms with Gasteiger partial charge in [-0.15, -0.1) is 0 Å². The summed E-state index contributed by atoms with van der Waals surface area (Å²) in [7, 11) is 5.76. The Morgan fingerprint density at radius 1 is 1.29 bits per heavy atom. The highest BCUT2D eigenvalue weighted by Crippen LogP contribution is 2.34. The first-order valence-electron chi connectivity index (χ1n) is 7.43. The average molecular weight is 315 g/mol. The minimum Gasteiger partial charge on any atom is -0.493 e. The number of benzene rings is 1. The van der Waals surface area contributed by atoms with Crippen molar-refractivity contribution in [3.63, 3.8) is 0 Å². The molecule has 21 heavy (non-hydrogen) atoms. The molecule has 0 heterocycles. The zero-order valence-corrected chi connectivity index (χ0v) is 14.3.